The predicted octanol–water partition coefficient (Wildman–Crippen LogP) is 2.50. The van der Waals surface area contributed by atoms with Crippen LogP contribution in [-0.2, 0) is 13.1 Å². The molecule has 21 heavy (non-hydrogen) atoms. The highest BCUT2D eigenvalue weighted by atomic mass is 16.6. The van der Waals surface area contributed by atoms with Gasteiger partial charge in [-0.25, -0.2) is 4.98 Å². The van der Waals surface area contributed by atoms with Gasteiger partial charge < -0.3 is 14.5 Å². The number of nitro groups is 1. The molecule has 0 aliphatic carbocycles. The van der Waals surface area contributed by atoms with E-state index in [1.807, 2.05) is 13.8 Å². The molecule has 1 aromatic carbocycles. The van der Waals surface area contributed by atoms with E-state index >= 15 is 0 Å². The molecular formula is C14H17N3O4. The Labute approximate surface area is 122 Å². The summed E-state index contributed by atoms with van der Waals surface area (Å²) in [6, 6.07) is 4.51. The molecule has 112 valence electrons. The van der Waals surface area contributed by atoms with Crippen LogP contribution in [0.5, 0.6) is 5.75 Å². The van der Waals surface area contributed by atoms with Crippen molar-refractivity contribution in [3.05, 3.63) is 51.2 Å². The quantitative estimate of drug-likeness (QED) is 0.649. The third kappa shape index (κ3) is 3.57. The van der Waals surface area contributed by atoms with E-state index in [9.17, 15) is 10.1 Å². The summed E-state index contributed by atoms with van der Waals surface area (Å²) in [6.07, 6.45) is 0. The minimum absolute atomic E-state index is 0.0374. The number of nitrogens with zero attached hydrogens (tertiary/aromatic N) is 2. The molecule has 1 heterocycles. The van der Waals surface area contributed by atoms with Crippen LogP contribution < -0.4 is 10.1 Å². The highest BCUT2D eigenvalue weighted by Crippen LogP contribution is 2.23. The van der Waals surface area contributed by atoms with E-state index in [0.717, 1.165) is 11.5 Å². The molecule has 2 rings (SSSR count). The van der Waals surface area contributed by atoms with Gasteiger partial charge in [0.05, 0.1) is 24.3 Å². The molecule has 2 aromatic rings. The number of hydrogen-bond donors (Lipinski definition) is 1. The van der Waals surface area contributed by atoms with Gasteiger partial charge in [0, 0.05) is 24.2 Å². The highest BCUT2D eigenvalue weighted by Gasteiger charge is 2.11. The molecule has 0 saturated heterocycles. The topological polar surface area (TPSA) is 90.4 Å². The van der Waals surface area contributed by atoms with E-state index < -0.39 is 4.92 Å². The molecule has 0 bridgehead atoms. The number of aryl methyl sites for hydroxylation is 2. The molecule has 7 heteroatoms. The largest absolute Gasteiger partial charge is 0.496 e. The number of rotatable bonds is 6. The lowest BCUT2D eigenvalue weighted by Gasteiger charge is -2.08. The fourth-order valence-electron chi connectivity index (χ4n) is 1.94. The van der Waals surface area contributed by atoms with Crippen molar-refractivity contribution < 1.29 is 14.1 Å². The summed E-state index contributed by atoms with van der Waals surface area (Å²) in [6.45, 7) is 4.60. The molecule has 0 amide bonds. The predicted molar refractivity (Wildman–Crippen MR) is 76.2 cm³/mol. The average Bonchev–Trinajstić information content (AvgIpc) is 2.77. The second-order valence-corrected chi connectivity index (χ2v) is 4.61. The zero-order valence-corrected chi connectivity index (χ0v) is 12.2. The lowest BCUT2D eigenvalue weighted by atomic mass is 10.1. The van der Waals surface area contributed by atoms with Gasteiger partial charge in [0.25, 0.3) is 5.69 Å². The first-order valence-electron chi connectivity index (χ1n) is 6.46. The number of non-ortho nitro benzene ring substituents is 1. The number of methoxy groups -OCH3 is 1. The van der Waals surface area contributed by atoms with Crippen LogP contribution in [0.2, 0.25) is 0 Å². The molecule has 1 N–H and O–H groups in total. The number of aromatic nitrogens is 1. The first-order valence-corrected chi connectivity index (χ1v) is 6.46. The van der Waals surface area contributed by atoms with Crippen LogP contribution in [0.4, 0.5) is 5.69 Å². The van der Waals surface area contributed by atoms with E-state index in [1.54, 1.807) is 6.07 Å². The Hall–Kier alpha value is -2.41. The van der Waals surface area contributed by atoms with Gasteiger partial charge in [-0.2, -0.15) is 0 Å². The van der Waals surface area contributed by atoms with E-state index in [0.29, 0.717) is 30.3 Å². The van der Waals surface area contributed by atoms with Crippen LogP contribution in [0.3, 0.4) is 0 Å². The van der Waals surface area contributed by atoms with Crippen LogP contribution in [0, 0.1) is 24.0 Å². The Morgan fingerprint density at radius 3 is 2.71 bits per heavy atom. The Balaban J connectivity index is 2.04. The van der Waals surface area contributed by atoms with Gasteiger partial charge in [-0.1, -0.05) is 0 Å². The molecule has 0 saturated carbocycles. The number of nitrogens with one attached hydrogen (secondary N) is 1. The molecule has 0 fully saturated rings. The lowest BCUT2D eigenvalue weighted by Crippen LogP contribution is -2.14. The van der Waals surface area contributed by atoms with E-state index in [1.165, 1.54) is 19.2 Å². The molecule has 0 unspecified atom stereocenters. The molecule has 1 aromatic heterocycles. The third-order valence-corrected chi connectivity index (χ3v) is 3.14. The number of hydrogen-bond acceptors (Lipinski definition) is 6. The molecule has 7 nitrogen and oxygen atoms in total. The van der Waals surface area contributed by atoms with Gasteiger partial charge in [0.2, 0.25) is 5.89 Å². The van der Waals surface area contributed by atoms with Crippen molar-refractivity contribution >= 4 is 5.69 Å². The molecule has 0 aliphatic heterocycles. The second-order valence-electron chi connectivity index (χ2n) is 4.61. The summed E-state index contributed by atoms with van der Waals surface area (Å²) < 4.78 is 10.7. The van der Waals surface area contributed by atoms with Crippen molar-refractivity contribution in [1.82, 2.24) is 10.3 Å². The maximum Gasteiger partial charge on any atom is 0.270 e. The normalized spacial score (nSPS) is 10.6. The number of ether oxygens (including phenoxy) is 1. The van der Waals surface area contributed by atoms with Crippen molar-refractivity contribution in [2.45, 2.75) is 26.9 Å². The van der Waals surface area contributed by atoms with Crippen LogP contribution in [0.15, 0.2) is 22.6 Å². The van der Waals surface area contributed by atoms with Crippen LogP contribution in [0.25, 0.3) is 0 Å². The fourth-order valence-corrected chi connectivity index (χ4v) is 1.94. The standard InChI is InChI=1S/C14H17N3O4/c1-9-10(2)21-14(16-9)8-15-7-11-6-12(17(18)19)4-5-13(11)20-3/h4-6,15H,7-8H2,1-3H3. The van der Waals surface area contributed by atoms with Gasteiger partial charge in [-0.3, -0.25) is 10.1 Å². The smallest absolute Gasteiger partial charge is 0.270 e. The molecule has 0 atom stereocenters. The minimum Gasteiger partial charge on any atom is -0.496 e. The maximum atomic E-state index is 10.8. The maximum absolute atomic E-state index is 10.8. The highest BCUT2D eigenvalue weighted by molar-refractivity contribution is 5.43. The Bertz CT molecular complexity index is 632. The third-order valence-electron chi connectivity index (χ3n) is 3.14. The summed E-state index contributed by atoms with van der Waals surface area (Å²) in [5, 5.41) is 13.9. The summed E-state index contributed by atoms with van der Waals surface area (Å²) in [7, 11) is 1.53. The lowest BCUT2D eigenvalue weighted by molar-refractivity contribution is -0.384. The van der Waals surface area contributed by atoms with E-state index in [4.69, 9.17) is 9.15 Å². The van der Waals surface area contributed by atoms with Crippen molar-refractivity contribution in [3.63, 3.8) is 0 Å². The van der Waals surface area contributed by atoms with Crippen molar-refractivity contribution in [3.8, 4) is 5.75 Å². The van der Waals surface area contributed by atoms with Gasteiger partial charge in [-0.05, 0) is 19.9 Å². The molecular weight excluding hydrogens is 274 g/mol. The Morgan fingerprint density at radius 1 is 1.38 bits per heavy atom. The SMILES string of the molecule is COc1ccc([N+](=O)[O-])cc1CNCc1nc(C)c(C)o1. The average molecular weight is 291 g/mol. The van der Waals surface area contributed by atoms with E-state index in [2.05, 4.69) is 10.3 Å². The number of nitro benzene ring substituents is 1. The monoisotopic (exact) mass is 291 g/mol. The first-order chi connectivity index (χ1) is 10.0. The molecule has 0 spiro atoms. The van der Waals surface area contributed by atoms with Gasteiger partial charge >= 0.3 is 0 Å². The zero-order valence-electron chi connectivity index (χ0n) is 12.2. The summed E-state index contributed by atoms with van der Waals surface area (Å²) >= 11 is 0. The molecule has 0 aliphatic rings. The first kappa shape index (κ1) is 15.0. The number of oxazole rings is 1. The zero-order chi connectivity index (χ0) is 15.4. The van der Waals surface area contributed by atoms with Gasteiger partial charge in [0.1, 0.15) is 11.5 Å². The van der Waals surface area contributed by atoms with Crippen LogP contribution >= 0.6 is 0 Å². The van der Waals surface area contributed by atoms with Crippen molar-refractivity contribution in [2.75, 3.05) is 7.11 Å². The van der Waals surface area contributed by atoms with Crippen LogP contribution in [-0.4, -0.2) is 17.0 Å². The van der Waals surface area contributed by atoms with E-state index in [-0.39, 0.29) is 5.69 Å². The Kier molecular flexibility index (Phi) is 4.54. The summed E-state index contributed by atoms with van der Waals surface area (Å²) in [4.78, 5) is 14.6. The van der Waals surface area contributed by atoms with Gasteiger partial charge in [0.15, 0.2) is 0 Å². The number of benzene rings is 1. The van der Waals surface area contributed by atoms with Crippen molar-refractivity contribution in [1.29, 1.82) is 0 Å². The van der Waals surface area contributed by atoms with Gasteiger partial charge in [-0.15, -0.1) is 0 Å². The second kappa shape index (κ2) is 6.36. The minimum atomic E-state index is -0.427. The summed E-state index contributed by atoms with van der Waals surface area (Å²) in [5.74, 6) is 1.99. The van der Waals surface area contributed by atoms with Crippen LogP contribution in [0.1, 0.15) is 22.9 Å². The summed E-state index contributed by atoms with van der Waals surface area (Å²) in [5.41, 5.74) is 1.61. The Morgan fingerprint density at radius 2 is 2.14 bits per heavy atom. The van der Waals surface area contributed by atoms with Crippen molar-refractivity contribution in [2.24, 2.45) is 0 Å². The molecule has 0 radical (unpaired) electrons. The fraction of sp³-hybridized carbons (Fsp3) is 0.357.